The fourth-order valence-corrected chi connectivity index (χ4v) is 2.40. The van der Waals surface area contributed by atoms with Gasteiger partial charge in [0.25, 0.3) is 0 Å². The van der Waals surface area contributed by atoms with Gasteiger partial charge in [-0.2, -0.15) is 5.10 Å². The molecule has 0 radical (unpaired) electrons. The van der Waals surface area contributed by atoms with Crippen LogP contribution in [0.3, 0.4) is 0 Å². The van der Waals surface area contributed by atoms with Crippen molar-refractivity contribution in [3.05, 3.63) is 22.7 Å². The van der Waals surface area contributed by atoms with E-state index in [1.54, 1.807) is 12.1 Å². The first kappa shape index (κ1) is 16.8. The number of hydrazone groups is 1. The number of halogens is 1. The molecule has 0 amide bonds. The van der Waals surface area contributed by atoms with Crippen LogP contribution in [0.1, 0.15) is 18.4 Å². The van der Waals surface area contributed by atoms with Gasteiger partial charge in [-0.15, -0.1) is 0 Å². The molecule has 0 aromatic heterocycles. The second kappa shape index (κ2) is 8.17. The van der Waals surface area contributed by atoms with Crippen molar-refractivity contribution < 1.29 is 14.6 Å². The standard InChI is InChI=1S/C14H18ClN3O3S/c1-20-12-6-9(5-11(15)13(12)19)7-17-18-14(22)16-8-10-3-2-4-21-10/h5-7,10,19H,2-4,8H2,1H3,(H2,16,18,22)/b17-7+/t10-/m1/s1. The van der Waals surface area contributed by atoms with E-state index in [1.165, 1.54) is 13.3 Å². The molecule has 0 bridgehead atoms. The van der Waals surface area contributed by atoms with Gasteiger partial charge in [-0.1, -0.05) is 11.6 Å². The van der Waals surface area contributed by atoms with Gasteiger partial charge in [0.2, 0.25) is 0 Å². The van der Waals surface area contributed by atoms with Gasteiger partial charge in [0, 0.05) is 13.2 Å². The van der Waals surface area contributed by atoms with Gasteiger partial charge in [-0.25, -0.2) is 0 Å². The Morgan fingerprint density at radius 3 is 3.14 bits per heavy atom. The first-order chi connectivity index (χ1) is 10.6. The molecule has 1 heterocycles. The molecule has 8 heteroatoms. The maximum Gasteiger partial charge on any atom is 0.187 e. The molecule has 1 fully saturated rings. The van der Waals surface area contributed by atoms with Crippen molar-refractivity contribution in [1.29, 1.82) is 0 Å². The Morgan fingerprint density at radius 1 is 1.64 bits per heavy atom. The number of thiocarbonyl (C=S) groups is 1. The van der Waals surface area contributed by atoms with Crippen LogP contribution < -0.4 is 15.5 Å². The molecule has 1 aliphatic rings. The summed E-state index contributed by atoms with van der Waals surface area (Å²) >= 11 is 11.0. The van der Waals surface area contributed by atoms with Crippen molar-refractivity contribution in [2.24, 2.45) is 5.10 Å². The molecule has 6 nitrogen and oxygen atoms in total. The van der Waals surface area contributed by atoms with Crippen molar-refractivity contribution >= 4 is 35.1 Å². The summed E-state index contributed by atoms with van der Waals surface area (Å²) in [4.78, 5) is 0. The summed E-state index contributed by atoms with van der Waals surface area (Å²) in [6.07, 6.45) is 3.89. The number of methoxy groups -OCH3 is 1. The molecule has 0 aliphatic carbocycles. The number of phenolic OH excluding ortho intramolecular Hbond substituents is 1. The van der Waals surface area contributed by atoms with Crippen LogP contribution in [0.15, 0.2) is 17.2 Å². The first-order valence-electron chi connectivity index (χ1n) is 6.85. The lowest BCUT2D eigenvalue weighted by atomic mass is 10.2. The summed E-state index contributed by atoms with van der Waals surface area (Å²) < 4.78 is 10.5. The molecule has 2 rings (SSSR count). The summed E-state index contributed by atoms with van der Waals surface area (Å²) in [6.45, 7) is 1.48. The van der Waals surface area contributed by atoms with Crippen LogP contribution in [0.5, 0.6) is 11.5 Å². The number of hydrogen-bond donors (Lipinski definition) is 3. The monoisotopic (exact) mass is 343 g/mol. The summed E-state index contributed by atoms with van der Waals surface area (Å²) in [5.74, 6) is 0.191. The van der Waals surface area contributed by atoms with Gasteiger partial charge in [0.15, 0.2) is 16.6 Å². The summed E-state index contributed by atoms with van der Waals surface area (Å²) in [5, 5.41) is 17.3. The van der Waals surface area contributed by atoms with Crippen molar-refractivity contribution in [3.63, 3.8) is 0 Å². The predicted octanol–water partition coefficient (Wildman–Crippen LogP) is 2.03. The average Bonchev–Trinajstić information content (AvgIpc) is 3.02. The minimum atomic E-state index is -0.0944. The van der Waals surface area contributed by atoms with Gasteiger partial charge < -0.3 is 19.9 Å². The smallest absolute Gasteiger partial charge is 0.187 e. The minimum absolute atomic E-state index is 0.0944. The van der Waals surface area contributed by atoms with Crippen LogP contribution >= 0.6 is 23.8 Å². The minimum Gasteiger partial charge on any atom is -0.503 e. The number of hydrogen-bond acceptors (Lipinski definition) is 5. The zero-order chi connectivity index (χ0) is 15.9. The lowest BCUT2D eigenvalue weighted by Crippen LogP contribution is -2.37. The Hall–Kier alpha value is -1.57. The lowest BCUT2D eigenvalue weighted by molar-refractivity contribution is 0.114. The summed E-state index contributed by atoms with van der Waals surface area (Å²) in [7, 11) is 1.45. The van der Waals surface area contributed by atoms with Gasteiger partial charge >= 0.3 is 0 Å². The lowest BCUT2D eigenvalue weighted by Gasteiger charge is -2.11. The SMILES string of the molecule is COc1cc(/C=N/NC(=S)NC[C@H]2CCCO2)cc(Cl)c1O. The second-order valence-electron chi connectivity index (χ2n) is 4.77. The number of nitrogens with one attached hydrogen (secondary N) is 2. The molecule has 1 saturated heterocycles. The molecule has 1 atom stereocenters. The maximum atomic E-state index is 9.65. The summed E-state index contributed by atoms with van der Waals surface area (Å²) in [5.41, 5.74) is 3.39. The van der Waals surface area contributed by atoms with E-state index in [1.807, 2.05) is 0 Å². The highest BCUT2D eigenvalue weighted by atomic mass is 35.5. The molecule has 22 heavy (non-hydrogen) atoms. The van der Waals surface area contributed by atoms with E-state index in [-0.39, 0.29) is 22.6 Å². The number of phenols is 1. The van der Waals surface area contributed by atoms with Crippen molar-refractivity contribution in [1.82, 2.24) is 10.7 Å². The Morgan fingerprint density at radius 2 is 2.45 bits per heavy atom. The number of rotatable bonds is 5. The van der Waals surface area contributed by atoms with Gasteiger partial charge in [0.1, 0.15) is 0 Å². The highest BCUT2D eigenvalue weighted by molar-refractivity contribution is 7.80. The van der Waals surface area contributed by atoms with E-state index >= 15 is 0 Å². The molecule has 1 aromatic carbocycles. The fourth-order valence-electron chi connectivity index (χ4n) is 2.04. The van der Waals surface area contributed by atoms with Gasteiger partial charge in [-0.05, 0) is 42.8 Å². The van der Waals surface area contributed by atoms with Crippen molar-refractivity contribution in [2.75, 3.05) is 20.3 Å². The molecular formula is C14H18ClN3O3S. The van der Waals surface area contributed by atoms with Gasteiger partial charge in [0.05, 0.1) is 24.5 Å². The second-order valence-corrected chi connectivity index (χ2v) is 5.58. The Balaban J connectivity index is 1.83. The molecular weight excluding hydrogens is 326 g/mol. The Bertz CT molecular complexity index is 563. The quantitative estimate of drug-likeness (QED) is 0.431. The first-order valence-corrected chi connectivity index (χ1v) is 7.63. The third-order valence-corrected chi connectivity index (χ3v) is 3.69. The third kappa shape index (κ3) is 4.72. The zero-order valence-electron chi connectivity index (χ0n) is 12.1. The molecule has 0 unspecified atom stereocenters. The average molecular weight is 344 g/mol. The van der Waals surface area contributed by atoms with Crippen LogP contribution in [0, 0.1) is 0 Å². The third-order valence-electron chi connectivity index (χ3n) is 3.16. The van der Waals surface area contributed by atoms with E-state index in [4.69, 9.17) is 33.3 Å². The van der Waals surface area contributed by atoms with Crippen LogP contribution in [-0.2, 0) is 4.74 Å². The normalized spacial score (nSPS) is 17.6. The molecule has 0 saturated carbocycles. The van der Waals surface area contributed by atoms with E-state index in [9.17, 15) is 5.11 Å². The Kier molecular flexibility index (Phi) is 6.23. The maximum absolute atomic E-state index is 9.65. The van der Waals surface area contributed by atoms with E-state index < -0.39 is 0 Å². The number of benzene rings is 1. The van der Waals surface area contributed by atoms with E-state index in [2.05, 4.69) is 15.8 Å². The molecule has 120 valence electrons. The Labute approximate surface area is 139 Å². The van der Waals surface area contributed by atoms with Crippen LogP contribution in [0.4, 0.5) is 0 Å². The number of ether oxygens (including phenoxy) is 2. The van der Waals surface area contributed by atoms with Crippen molar-refractivity contribution in [2.45, 2.75) is 18.9 Å². The molecule has 3 N–H and O–H groups in total. The highest BCUT2D eigenvalue weighted by Gasteiger charge is 2.15. The van der Waals surface area contributed by atoms with Crippen LogP contribution in [0.25, 0.3) is 0 Å². The fraction of sp³-hybridized carbons (Fsp3) is 0.429. The highest BCUT2D eigenvalue weighted by Crippen LogP contribution is 2.34. The molecule has 1 aromatic rings. The largest absolute Gasteiger partial charge is 0.503 e. The number of aromatic hydroxyl groups is 1. The van der Waals surface area contributed by atoms with E-state index in [0.29, 0.717) is 17.2 Å². The van der Waals surface area contributed by atoms with Crippen molar-refractivity contribution in [3.8, 4) is 11.5 Å². The summed E-state index contributed by atoms with van der Waals surface area (Å²) in [6, 6.07) is 3.20. The van der Waals surface area contributed by atoms with Crippen LogP contribution in [-0.4, -0.2) is 42.8 Å². The van der Waals surface area contributed by atoms with Crippen LogP contribution in [0.2, 0.25) is 5.02 Å². The number of nitrogens with zero attached hydrogens (tertiary/aromatic N) is 1. The van der Waals surface area contributed by atoms with E-state index in [0.717, 1.165) is 19.4 Å². The zero-order valence-corrected chi connectivity index (χ0v) is 13.7. The predicted molar refractivity (Wildman–Crippen MR) is 90.0 cm³/mol. The molecule has 1 aliphatic heterocycles. The molecule has 0 spiro atoms. The van der Waals surface area contributed by atoms with Gasteiger partial charge in [-0.3, -0.25) is 5.43 Å². The topological polar surface area (TPSA) is 75.1 Å².